The van der Waals surface area contributed by atoms with Gasteiger partial charge in [0.15, 0.2) is 0 Å². The number of hydrogen-bond donors (Lipinski definition) is 5. The minimum absolute atomic E-state index is 0.101. The fourth-order valence-corrected chi connectivity index (χ4v) is 7.35. The third-order valence-corrected chi connectivity index (χ3v) is 10.0. The first kappa shape index (κ1) is 34.0. The zero-order valence-corrected chi connectivity index (χ0v) is 26.3. The Labute approximate surface area is 258 Å². The average molecular weight is 631 g/mol. The normalized spacial score (nSPS) is 15.5. The highest BCUT2D eigenvalue weighted by Gasteiger charge is 2.28. The molecular weight excluding hydrogens is 588 g/mol. The summed E-state index contributed by atoms with van der Waals surface area (Å²) in [6, 6.07) is 16.5. The molecule has 2 heterocycles. The standard InChI is InChI=1S/C30H40N4O4S2.CH2O2/c1-3-27-14-23(21-39-27)19-31-20-29(35)28(15-22-10-6-5-7-11-22)33-30(36)24-16-25(32-4-2)18-26(17-24)34-12-8-9-13-40(34,37)38;2-1-3/h5-7,10-11,14,16-18,21,28-29,31-32,35H,3-4,8-9,12-13,15,19-20H2,1-2H3,(H,33,36);1H,(H,2,3)/t28-,29+;/m0./s1. The van der Waals surface area contributed by atoms with Crippen molar-refractivity contribution < 1.29 is 28.2 Å². The Morgan fingerprint density at radius 2 is 1.84 bits per heavy atom. The van der Waals surface area contributed by atoms with Crippen LogP contribution in [0, 0.1) is 0 Å². The molecule has 4 rings (SSSR count). The van der Waals surface area contributed by atoms with Crippen molar-refractivity contribution in [1.82, 2.24) is 10.6 Å². The quantitative estimate of drug-likeness (QED) is 0.179. The summed E-state index contributed by atoms with van der Waals surface area (Å²) in [7, 11) is -3.44. The predicted molar refractivity (Wildman–Crippen MR) is 172 cm³/mol. The highest BCUT2D eigenvalue weighted by molar-refractivity contribution is 7.92. The van der Waals surface area contributed by atoms with Gasteiger partial charge in [-0.2, -0.15) is 0 Å². The number of sulfonamides is 1. The van der Waals surface area contributed by atoms with E-state index in [9.17, 15) is 18.3 Å². The zero-order chi connectivity index (χ0) is 31.2. The van der Waals surface area contributed by atoms with Gasteiger partial charge in [-0.1, -0.05) is 37.3 Å². The molecule has 2 aromatic carbocycles. The number of aryl methyl sites for hydroxylation is 1. The van der Waals surface area contributed by atoms with Crippen molar-refractivity contribution in [3.05, 3.63) is 81.5 Å². The maximum atomic E-state index is 13.6. The fraction of sp³-hybridized carbons (Fsp3) is 0.419. The number of thiophene rings is 1. The second-order valence-electron chi connectivity index (χ2n) is 10.2. The van der Waals surface area contributed by atoms with Gasteiger partial charge in [0, 0.05) is 42.3 Å². The molecule has 43 heavy (non-hydrogen) atoms. The topological polar surface area (TPSA) is 148 Å². The molecule has 12 heteroatoms. The Morgan fingerprint density at radius 3 is 2.49 bits per heavy atom. The van der Waals surface area contributed by atoms with E-state index in [1.165, 1.54) is 14.7 Å². The molecule has 2 atom stereocenters. The summed E-state index contributed by atoms with van der Waals surface area (Å²) < 4.78 is 27.0. The lowest BCUT2D eigenvalue weighted by molar-refractivity contribution is -0.122. The van der Waals surface area contributed by atoms with E-state index in [4.69, 9.17) is 9.90 Å². The van der Waals surface area contributed by atoms with Crippen LogP contribution in [0.25, 0.3) is 0 Å². The highest BCUT2D eigenvalue weighted by Crippen LogP contribution is 2.28. The lowest BCUT2D eigenvalue weighted by atomic mass is 10.00. The van der Waals surface area contributed by atoms with Gasteiger partial charge < -0.3 is 26.2 Å². The van der Waals surface area contributed by atoms with Gasteiger partial charge in [0.25, 0.3) is 12.4 Å². The van der Waals surface area contributed by atoms with Crippen LogP contribution in [0.2, 0.25) is 0 Å². The SMILES string of the molecule is CCNc1cc(C(=O)N[C@@H](Cc2ccccc2)[C@H](O)CNCc2csc(CC)c2)cc(N2CCCCS2(=O)=O)c1.O=CO. The van der Waals surface area contributed by atoms with Crippen molar-refractivity contribution in [2.24, 2.45) is 0 Å². The van der Waals surface area contributed by atoms with Gasteiger partial charge in [-0.15, -0.1) is 11.3 Å². The number of nitrogens with zero attached hydrogens (tertiary/aromatic N) is 1. The lowest BCUT2D eigenvalue weighted by Crippen LogP contribution is -2.48. The first-order chi connectivity index (χ1) is 20.7. The summed E-state index contributed by atoms with van der Waals surface area (Å²) in [6.45, 7) is 5.79. The van der Waals surface area contributed by atoms with Gasteiger partial charge in [-0.05, 0) is 73.4 Å². The van der Waals surface area contributed by atoms with Gasteiger partial charge in [0.05, 0.1) is 23.6 Å². The molecule has 1 fully saturated rings. The molecule has 1 saturated heterocycles. The summed E-state index contributed by atoms with van der Waals surface area (Å²) in [6.07, 6.45) is 2.02. The third-order valence-electron chi connectivity index (χ3n) is 7.02. The Balaban J connectivity index is 0.00000162. The van der Waals surface area contributed by atoms with Crippen molar-refractivity contribution in [2.45, 2.75) is 58.2 Å². The number of aliphatic hydroxyl groups excluding tert-OH is 1. The van der Waals surface area contributed by atoms with Gasteiger partial charge in [0.2, 0.25) is 10.0 Å². The summed E-state index contributed by atoms with van der Waals surface area (Å²) in [5, 5.41) is 29.8. The molecule has 5 N–H and O–H groups in total. The van der Waals surface area contributed by atoms with Crippen LogP contribution < -0.4 is 20.3 Å². The van der Waals surface area contributed by atoms with Crippen molar-refractivity contribution in [1.29, 1.82) is 0 Å². The van der Waals surface area contributed by atoms with Crippen LogP contribution >= 0.6 is 11.3 Å². The van der Waals surface area contributed by atoms with E-state index in [-0.39, 0.29) is 18.1 Å². The second kappa shape index (κ2) is 17.0. The Morgan fingerprint density at radius 1 is 1.09 bits per heavy atom. The minimum atomic E-state index is -3.44. The van der Waals surface area contributed by atoms with E-state index >= 15 is 0 Å². The number of hydrogen-bond acceptors (Lipinski definition) is 8. The van der Waals surface area contributed by atoms with E-state index in [0.29, 0.717) is 56.0 Å². The van der Waals surface area contributed by atoms with E-state index in [1.807, 2.05) is 37.3 Å². The molecule has 0 unspecified atom stereocenters. The Hall–Kier alpha value is -3.45. The number of benzene rings is 2. The highest BCUT2D eigenvalue weighted by atomic mass is 32.2. The molecule has 0 spiro atoms. The molecule has 0 bridgehead atoms. The van der Waals surface area contributed by atoms with Crippen molar-refractivity contribution in [2.75, 3.05) is 35.0 Å². The van der Waals surface area contributed by atoms with Crippen LogP contribution in [-0.4, -0.2) is 68.5 Å². The first-order valence-corrected chi connectivity index (χ1v) is 17.0. The van der Waals surface area contributed by atoms with Crippen LogP contribution in [0.4, 0.5) is 11.4 Å². The number of nitrogens with one attached hydrogen (secondary N) is 3. The Kier molecular flexibility index (Phi) is 13.5. The monoisotopic (exact) mass is 630 g/mol. The summed E-state index contributed by atoms with van der Waals surface area (Å²) in [5.41, 5.74) is 3.68. The molecular formula is C31H42N4O6S2. The smallest absolute Gasteiger partial charge is 0.290 e. The van der Waals surface area contributed by atoms with E-state index in [2.05, 4.69) is 34.3 Å². The molecule has 1 amide bonds. The van der Waals surface area contributed by atoms with Gasteiger partial charge in [-0.3, -0.25) is 13.9 Å². The van der Waals surface area contributed by atoms with Crippen LogP contribution in [0.1, 0.15) is 53.1 Å². The number of rotatable bonds is 13. The van der Waals surface area contributed by atoms with E-state index < -0.39 is 22.2 Å². The summed E-state index contributed by atoms with van der Waals surface area (Å²) >= 11 is 1.73. The third kappa shape index (κ3) is 10.3. The number of aliphatic hydroxyl groups is 1. The summed E-state index contributed by atoms with van der Waals surface area (Å²) in [4.78, 5) is 23.3. The largest absolute Gasteiger partial charge is 0.483 e. The lowest BCUT2D eigenvalue weighted by Gasteiger charge is -2.29. The fourth-order valence-electron chi connectivity index (χ4n) is 4.89. The maximum Gasteiger partial charge on any atom is 0.290 e. The number of anilines is 2. The molecule has 0 saturated carbocycles. The predicted octanol–water partition coefficient (Wildman–Crippen LogP) is 3.86. The van der Waals surface area contributed by atoms with Crippen LogP contribution in [0.15, 0.2) is 60.0 Å². The number of carbonyl (C=O) groups is 2. The average Bonchev–Trinajstić information content (AvgIpc) is 3.45. The molecule has 234 valence electrons. The number of amides is 1. The van der Waals surface area contributed by atoms with Crippen molar-refractivity contribution >= 4 is 45.1 Å². The maximum absolute atomic E-state index is 13.6. The van der Waals surface area contributed by atoms with Crippen molar-refractivity contribution in [3.8, 4) is 0 Å². The number of carboxylic acid groups (broad SMARTS) is 1. The molecule has 1 aliphatic rings. The summed E-state index contributed by atoms with van der Waals surface area (Å²) in [5.74, 6) is -0.260. The van der Waals surface area contributed by atoms with Crippen LogP contribution in [-0.2, 0) is 34.2 Å². The van der Waals surface area contributed by atoms with Gasteiger partial charge in [-0.25, -0.2) is 8.42 Å². The van der Waals surface area contributed by atoms with Crippen LogP contribution in [0.5, 0.6) is 0 Å². The molecule has 0 aliphatic carbocycles. The molecule has 10 nitrogen and oxygen atoms in total. The first-order valence-electron chi connectivity index (χ1n) is 14.5. The number of carbonyl (C=O) groups excluding carboxylic acids is 1. The zero-order valence-electron chi connectivity index (χ0n) is 24.7. The van der Waals surface area contributed by atoms with Gasteiger partial charge in [0.1, 0.15) is 0 Å². The Bertz CT molecular complexity index is 1410. The molecule has 1 aliphatic heterocycles. The second-order valence-corrected chi connectivity index (χ2v) is 13.3. The molecule has 0 radical (unpaired) electrons. The van der Waals surface area contributed by atoms with Gasteiger partial charge >= 0.3 is 0 Å². The molecule has 1 aromatic heterocycles. The van der Waals surface area contributed by atoms with E-state index in [1.54, 1.807) is 29.5 Å². The minimum Gasteiger partial charge on any atom is -0.483 e. The van der Waals surface area contributed by atoms with Crippen molar-refractivity contribution in [3.63, 3.8) is 0 Å². The van der Waals surface area contributed by atoms with E-state index in [0.717, 1.165) is 18.4 Å². The molecule has 3 aromatic rings. The van der Waals surface area contributed by atoms with Crippen LogP contribution in [0.3, 0.4) is 0 Å².